The Balaban J connectivity index is 1.67. The molecule has 0 fully saturated rings. The molecule has 22 heavy (non-hydrogen) atoms. The third-order valence-electron chi connectivity index (χ3n) is 3.05. The van der Waals surface area contributed by atoms with Crippen LogP contribution in [0, 0.1) is 6.92 Å². The van der Waals surface area contributed by atoms with Crippen LogP contribution in [0.4, 0.5) is 5.69 Å². The third-order valence-corrected chi connectivity index (χ3v) is 4.16. The van der Waals surface area contributed by atoms with Crippen molar-refractivity contribution in [3.05, 3.63) is 63.8 Å². The van der Waals surface area contributed by atoms with E-state index in [2.05, 4.69) is 15.3 Å². The van der Waals surface area contributed by atoms with Crippen molar-refractivity contribution in [3.8, 4) is 11.5 Å². The van der Waals surface area contributed by atoms with E-state index in [1.165, 1.54) is 11.3 Å². The Bertz CT molecular complexity index is 761. The SMILES string of the molecule is Cc1cc(Oc2cccnc2)ccc1NCc1cnc(Cl)s1. The molecule has 0 aliphatic carbocycles. The zero-order chi connectivity index (χ0) is 15.4. The normalized spacial score (nSPS) is 10.5. The number of hydrogen-bond donors (Lipinski definition) is 1. The summed E-state index contributed by atoms with van der Waals surface area (Å²) in [4.78, 5) is 9.16. The molecule has 112 valence electrons. The van der Waals surface area contributed by atoms with Crippen LogP contribution in [0.2, 0.25) is 4.47 Å². The number of anilines is 1. The lowest BCUT2D eigenvalue weighted by Gasteiger charge is -2.11. The van der Waals surface area contributed by atoms with E-state index in [1.54, 1.807) is 18.6 Å². The number of thiazole rings is 1. The maximum Gasteiger partial charge on any atom is 0.183 e. The van der Waals surface area contributed by atoms with Gasteiger partial charge < -0.3 is 10.1 Å². The number of halogens is 1. The molecule has 0 spiro atoms. The fraction of sp³-hybridized carbons (Fsp3) is 0.125. The van der Waals surface area contributed by atoms with Gasteiger partial charge in [0.25, 0.3) is 0 Å². The molecule has 0 aliphatic heterocycles. The van der Waals surface area contributed by atoms with Gasteiger partial charge >= 0.3 is 0 Å². The molecule has 0 amide bonds. The van der Waals surface area contributed by atoms with Crippen LogP contribution in [0.5, 0.6) is 11.5 Å². The van der Waals surface area contributed by atoms with Gasteiger partial charge in [0.2, 0.25) is 0 Å². The van der Waals surface area contributed by atoms with Crippen molar-refractivity contribution in [3.63, 3.8) is 0 Å². The van der Waals surface area contributed by atoms with Crippen LogP contribution < -0.4 is 10.1 Å². The summed E-state index contributed by atoms with van der Waals surface area (Å²) in [6.07, 6.45) is 5.20. The maximum absolute atomic E-state index is 5.83. The maximum atomic E-state index is 5.83. The molecule has 0 saturated carbocycles. The van der Waals surface area contributed by atoms with Gasteiger partial charge in [-0.25, -0.2) is 4.98 Å². The van der Waals surface area contributed by atoms with Crippen LogP contribution in [0.3, 0.4) is 0 Å². The summed E-state index contributed by atoms with van der Waals surface area (Å²) >= 11 is 7.31. The number of aromatic nitrogens is 2. The van der Waals surface area contributed by atoms with E-state index in [0.717, 1.165) is 27.6 Å². The minimum atomic E-state index is 0.564. The van der Waals surface area contributed by atoms with Crippen LogP contribution in [0.25, 0.3) is 0 Å². The van der Waals surface area contributed by atoms with Gasteiger partial charge in [-0.1, -0.05) is 11.6 Å². The Hall–Kier alpha value is -2.11. The van der Waals surface area contributed by atoms with E-state index in [9.17, 15) is 0 Å². The highest BCUT2D eigenvalue weighted by Crippen LogP contribution is 2.26. The Morgan fingerprint density at radius 3 is 2.82 bits per heavy atom. The average molecular weight is 332 g/mol. The number of hydrogen-bond acceptors (Lipinski definition) is 5. The second kappa shape index (κ2) is 6.77. The van der Waals surface area contributed by atoms with E-state index in [1.807, 2.05) is 37.3 Å². The molecule has 0 unspecified atom stereocenters. The Labute approximate surface area is 137 Å². The van der Waals surface area contributed by atoms with E-state index < -0.39 is 0 Å². The first kappa shape index (κ1) is 14.8. The lowest BCUT2D eigenvalue weighted by Crippen LogP contribution is -1.99. The number of nitrogens with zero attached hydrogens (tertiary/aromatic N) is 2. The molecule has 0 bridgehead atoms. The minimum Gasteiger partial charge on any atom is -0.456 e. The number of aryl methyl sites for hydroxylation is 1. The highest BCUT2D eigenvalue weighted by molar-refractivity contribution is 7.15. The quantitative estimate of drug-likeness (QED) is 0.722. The van der Waals surface area contributed by atoms with Crippen molar-refractivity contribution in [1.82, 2.24) is 9.97 Å². The fourth-order valence-corrected chi connectivity index (χ4v) is 2.91. The lowest BCUT2D eigenvalue weighted by atomic mass is 10.2. The van der Waals surface area contributed by atoms with Gasteiger partial charge in [0.1, 0.15) is 11.5 Å². The van der Waals surface area contributed by atoms with E-state index in [-0.39, 0.29) is 0 Å². The average Bonchev–Trinajstić information content (AvgIpc) is 2.93. The van der Waals surface area contributed by atoms with Crippen LogP contribution in [-0.2, 0) is 6.54 Å². The molecule has 2 aromatic heterocycles. The molecule has 6 heteroatoms. The van der Waals surface area contributed by atoms with Crippen LogP contribution in [0.15, 0.2) is 48.9 Å². The number of ether oxygens (including phenoxy) is 1. The monoisotopic (exact) mass is 331 g/mol. The summed E-state index contributed by atoms with van der Waals surface area (Å²) in [6.45, 7) is 2.74. The third kappa shape index (κ3) is 3.75. The summed E-state index contributed by atoms with van der Waals surface area (Å²) < 4.78 is 6.33. The first-order valence-electron chi connectivity index (χ1n) is 6.73. The zero-order valence-electron chi connectivity index (χ0n) is 11.9. The van der Waals surface area contributed by atoms with Gasteiger partial charge in [-0.3, -0.25) is 4.98 Å². The molecule has 1 aromatic carbocycles. The molecule has 1 N–H and O–H groups in total. The van der Waals surface area contributed by atoms with Crippen molar-refractivity contribution in [1.29, 1.82) is 0 Å². The molecule has 0 radical (unpaired) electrons. The molecule has 3 rings (SSSR count). The van der Waals surface area contributed by atoms with Gasteiger partial charge in [-0.05, 0) is 42.8 Å². The van der Waals surface area contributed by atoms with Gasteiger partial charge in [0.05, 0.1) is 12.7 Å². The Morgan fingerprint density at radius 1 is 1.23 bits per heavy atom. The molecule has 0 saturated heterocycles. The summed E-state index contributed by atoms with van der Waals surface area (Å²) in [5.41, 5.74) is 2.17. The van der Waals surface area contributed by atoms with E-state index in [0.29, 0.717) is 11.0 Å². The van der Waals surface area contributed by atoms with Crippen molar-refractivity contribution < 1.29 is 4.74 Å². The number of rotatable bonds is 5. The number of benzene rings is 1. The first-order chi connectivity index (χ1) is 10.7. The Kier molecular flexibility index (Phi) is 4.56. The first-order valence-corrected chi connectivity index (χ1v) is 7.93. The van der Waals surface area contributed by atoms with Crippen LogP contribution >= 0.6 is 22.9 Å². The summed E-state index contributed by atoms with van der Waals surface area (Å²) in [5.74, 6) is 1.51. The summed E-state index contributed by atoms with van der Waals surface area (Å²) in [5, 5.41) is 3.38. The van der Waals surface area contributed by atoms with Crippen molar-refractivity contribution in [2.45, 2.75) is 13.5 Å². The van der Waals surface area contributed by atoms with Gasteiger partial charge in [-0.15, -0.1) is 11.3 Å². The van der Waals surface area contributed by atoms with Gasteiger partial charge in [-0.2, -0.15) is 0 Å². The van der Waals surface area contributed by atoms with Crippen molar-refractivity contribution in [2.24, 2.45) is 0 Å². The van der Waals surface area contributed by atoms with Crippen molar-refractivity contribution in [2.75, 3.05) is 5.32 Å². The highest BCUT2D eigenvalue weighted by atomic mass is 35.5. The number of nitrogens with one attached hydrogen (secondary N) is 1. The topological polar surface area (TPSA) is 47.0 Å². The second-order valence-electron chi connectivity index (χ2n) is 4.70. The lowest BCUT2D eigenvalue weighted by molar-refractivity contribution is 0.480. The van der Waals surface area contributed by atoms with Crippen molar-refractivity contribution >= 4 is 28.6 Å². The summed E-state index contributed by atoms with van der Waals surface area (Å²) in [6, 6.07) is 9.65. The second-order valence-corrected chi connectivity index (χ2v) is 6.40. The van der Waals surface area contributed by atoms with Crippen LogP contribution in [-0.4, -0.2) is 9.97 Å². The molecule has 4 nitrogen and oxygen atoms in total. The molecular weight excluding hydrogens is 318 g/mol. The highest BCUT2D eigenvalue weighted by Gasteiger charge is 2.04. The van der Waals surface area contributed by atoms with Gasteiger partial charge in [0.15, 0.2) is 4.47 Å². The van der Waals surface area contributed by atoms with E-state index >= 15 is 0 Å². The molecular formula is C16H14ClN3OS. The predicted molar refractivity (Wildman–Crippen MR) is 89.9 cm³/mol. The zero-order valence-corrected chi connectivity index (χ0v) is 13.5. The summed E-state index contributed by atoms with van der Waals surface area (Å²) in [7, 11) is 0. The van der Waals surface area contributed by atoms with E-state index in [4.69, 9.17) is 16.3 Å². The molecule has 0 aliphatic rings. The van der Waals surface area contributed by atoms with Crippen LogP contribution in [0.1, 0.15) is 10.4 Å². The Morgan fingerprint density at radius 2 is 2.14 bits per heavy atom. The smallest absolute Gasteiger partial charge is 0.183 e. The fourth-order valence-electron chi connectivity index (χ4n) is 1.99. The molecule has 3 aromatic rings. The predicted octanol–water partition coefficient (Wildman–Crippen LogP) is 4.90. The largest absolute Gasteiger partial charge is 0.456 e. The van der Waals surface area contributed by atoms with Gasteiger partial charge in [0, 0.05) is 23.0 Å². The minimum absolute atomic E-state index is 0.564. The number of pyridine rings is 1. The molecule has 2 heterocycles. The standard InChI is InChI=1S/C16H14ClN3OS/c1-11-7-12(21-13-3-2-6-18-8-13)4-5-15(11)19-9-14-10-20-16(17)22-14/h2-8,10,19H,9H2,1H3. The molecule has 0 atom stereocenters.